The summed E-state index contributed by atoms with van der Waals surface area (Å²) in [6.07, 6.45) is -0.420. The molecule has 1 amide bonds. The highest BCUT2D eigenvalue weighted by atomic mass is 35.5. The zero-order chi connectivity index (χ0) is 23.8. The van der Waals surface area contributed by atoms with E-state index in [0.717, 1.165) is 11.1 Å². The first-order valence-electron chi connectivity index (χ1n) is 10.0. The van der Waals surface area contributed by atoms with Crippen LogP contribution in [0.2, 0.25) is 10.0 Å². The molecule has 0 aliphatic rings. The summed E-state index contributed by atoms with van der Waals surface area (Å²) in [7, 11) is 1.59. The van der Waals surface area contributed by atoms with Gasteiger partial charge in [-0.1, -0.05) is 47.5 Å². The van der Waals surface area contributed by atoms with E-state index >= 15 is 0 Å². The van der Waals surface area contributed by atoms with Crippen LogP contribution in [0.3, 0.4) is 0 Å². The summed E-state index contributed by atoms with van der Waals surface area (Å²) in [4.78, 5) is 36.1. The highest BCUT2D eigenvalue weighted by Gasteiger charge is 2.31. The molecule has 0 aromatic heterocycles. The van der Waals surface area contributed by atoms with Crippen molar-refractivity contribution >= 4 is 58.9 Å². The van der Waals surface area contributed by atoms with E-state index in [1.807, 2.05) is 26.0 Å². The van der Waals surface area contributed by atoms with Gasteiger partial charge in [0, 0.05) is 16.5 Å². The number of carboxylic acids is 1. The highest BCUT2D eigenvalue weighted by Crippen LogP contribution is 2.15. The van der Waals surface area contributed by atoms with Crippen molar-refractivity contribution in [3.8, 4) is 0 Å². The van der Waals surface area contributed by atoms with Gasteiger partial charge in [0.05, 0.1) is 6.54 Å². The van der Waals surface area contributed by atoms with Gasteiger partial charge in [0.2, 0.25) is 5.91 Å². The fourth-order valence-electron chi connectivity index (χ4n) is 2.99. The van der Waals surface area contributed by atoms with Crippen LogP contribution in [0.4, 0.5) is 0 Å². The molecule has 0 fully saturated rings. The second-order valence-corrected chi connectivity index (χ2v) is 8.23. The van der Waals surface area contributed by atoms with Gasteiger partial charge in [-0.25, -0.2) is 0 Å². The van der Waals surface area contributed by atoms with E-state index in [4.69, 9.17) is 33.0 Å². The smallest absolute Gasteiger partial charge is 0.429 e. The number of likely N-dealkylation sites (N-methyl/N-ethyl adjacent to an activating group) is 1. The van der Waals surface area contributed by atoms with Crippen LogP contribution in [0.1, 0.15) is 24.0 Å². The fraction of sp³-hybridized carbons (Fsp3) is 0.318. The Balaban J connectivity index is 2.38. The topological polar surface area (TPSA) is 105 Å². The van der Waals surface area contributed by atoms with Crippen LogP contribution in [-0.4, -0.2) is 49.5 Å². The largest absolute Gasteiger partial charge is 0.524 e. The van der Waals surface area contributed by atoms with E-state index < -0.39 is 30.8 Å². The van der Waals surface area contributed by atoms with Crippen molar-refractivity contribution in [2.45, 2.75) is 32.7 Å². The number of aliphatic carboxylic acids is 1. The van der Waals surface area contributed by atoms with Crippen molar-refractivity contribution in [2.24, 2.45) is 0 Å². The third-order valence-corrected chi connectivity index (χ3v) is 5.65. The standard InChI is InChI=1S/C22H25BCl2N2O5/c1-13-4-6-15(10-17(13)24)23(16-7-5-14(2)18(25)11-16)32-22(31)19(8-9-21(29)30)27-20(28)12-26-3/h4-7,10-11,19,26H,8-9,12H2,1-3H3,(H,27,28)(H,29,30). The second kappa shape index (κ2) is 11.9. The van der Waals surface area contributed by atoms with Gasteiger partial charge in [0.15, 0.2) is 0 Å². The van der Waals surface area contributed by atoms with Gasteiger partial charge < -0.3 is 20.4 Å². The van der Waals surface area contributed by atoms with Crippen LogP contribution in [0.15, 0.2) is 36.4 Å². The average Bonchev–Trinajstić information content (AvgIpc) is 2.73. The Hall–Kier alpha value is -2.55. The summed E-state index contributed by atoms with van der Waals surface area (Å²) in [5, 5.41) is 15.3. The van der Waals surface area contributed by atoms with Crippen LogP contribution < -0.4 is 21.6 Å². The molecule has 0 aliphatic heterocycles. The molecule has 0 radical (unpaired) electrons. The van der Waals surface area contributed by atoms with E-state index in [-0.39, 0.29) is 19.4 Å². The average molecular weight is 479 g/mol. The lowest BCUT2D eigenvalue weighted by molar-refractivity contribution is -0.141. The van der Waals surface area contributed by atoms with Crippen molar-refractivity contribution in [2.75, 3.05) is 13.6 Å². The van der Waals surface area contributed by atoms with Crippen LogP contribution in [0.25, 0.3) is 0 Å². The lowest BCUT2D eigenvalue weighted by atomic mass is 9.55. The highest BCUT2D eigenvalue weighted by molar-refractivity contribution is 6.81. The summed E-state index contributed by atoms with van der Waals surface area (Å²) in [5.41, 5.74) is 2.96. The number of carbonyl (C=O) groups is 3. The number of hydrogen-bond donors (Lipinski definition) is 3. The van der Waals surface area contributed by atoms with Crippen LogP contribution in [-0.2, 0) is 19.0 Å². The lowest BCUT2D eigenvalue weighted by Crippen LogP contribution is -2.52. The van der Waals surface area contributed by atoms with E-state index in [9.17, 15) is 14.4 Å². The quantitative estimate of drug-likeness (QED) is 0.450. The minimum absolute atomic E-state index is 0.0264. The molecule has 7 nitrogen and oxygen atoms in total. The lowest BCUT2D eigenvalue weighted by Gasteiger charge is -2.22. The van der Waals surface area contributed by atoms with E-state index in [0.29, 0.717) is 21.0 Å². The number of hydrogen-bond acceptors (Lipinski definition) is 5. The second-order valence-electron chi connectivity index (χ2n) is 7.42. The fourth-order valence-corrected chi connectivity index (χ4v) is 3.37. The SMILES string of the molecule is CNCC(=O)NC(CCC(=O)O)C(=O)OB(c1ccc(C)c(Cl)c1)c1ccc(C)c(Cl)c1. The number of nitrogens with one attached hydrogen (secondary N) is 2. The number of benzene rings is 2. The molecule has 0 aliphatic carbocycles. The van der Waals surface area contributed by atoms with Crippen molar-refractivity contribution < 1.29 is 24.1 Å². The Morgan fingerprint density at radius 2 is 1.56 bits per heavy atom. The molecular weight excluding hydrogens is 454 g/mol. The summed E-state index contributed by atoms with van der Waals surface area (Å²) in [6, 6.07) is 9.48. The number of carboxylic acid groups (broad SMARTS) is 1. The predicted molar refractivity (Wildman–Crippen MR) is 126 cm³/mol. The monoisotopic (exact) mass is 478 g/mol. The van der Waals surface area contributed by atoms with Crippen molar-refractivity contribution in [3.63, 3.8) is 0 Å². The first kappa shape index (κ1) is 25.7. The van der Waals surface area contributed by atoms with Gasteiger partial charge in [-0.15, -0.1) is 0 Å². The van der Waals surface area contributed by atoms with E-state index in [2.05, 4.69) is 10.6 Å². The molecule has 0 bridgehead atoms. The van der Waals surface area contributed by atoms with Crippen LogP contribution >= 0.6 is 23.2 Å². The normalized spacial score (nSPS) is 11.5. The third-order valence-electron chi connectivity index (χ3n) is 4.84. The molecule has 10 heteroatoms. The van der Waals surface area contributed by atoms with Crippen molar-refractivity contribution in [1.29, 1.82) is 0 Å². The van der Waals surface area contributed by atoms with Gasteiger partial charge >= 0.3 is 18.9 Å². The van der Waals surface area contributed by atoms with Gasteiger partial charge in [0.1, 0.15) is 6.04 Å². The third kappa shape index (κ3) is 7.26. The molecule has 2 aromatic rings. The van der Waals surface area contributed by atoms with E-state index in [1.54, 1.807) is 31.3 Å². The first-order chi connectivity index (χ1) is 15.1. The van der Waals surface area contributed by atoms with Crippen LogP contribution in [0.5, 0.6) is 0 Å². The molecule has 2 aromatic carbocycles. The van der Waals surface area contributed by atoms with Gasteiger partial charge in [-0.2, -0.15) is 0 Å². The van der Waals surface area contributed by atoms with Gasteiger partial charge in [-0.05, 0) is 61.5 Å². The Labute approximate surface area is 197 Å². The Morgan fingerprint density at radius 1 is 1.03 bits per heavy atom. The molecule has 0 saturated carbocycles. The minimum atomic E-state index is -1.13. The van der Waals surface area contributed by atoms with Crippen molar-refractivity contribution in [3.05, 3.63) is 57.6 Å². The zero-order valence-electron chi connectivity index (χ0n) is 18.1. The van der Waals surface area contributed by atoms with Crippen LogP contribution in [0, 0.1) is 13.8 Å². The Kier molecular flexibility index (Phi) is 9.56. The molecule has 1 atom stereocenters. The summed E-state index contributed by atoms with van der Waals surface area (Å²) in [5.74, 6) is -2.29. The number of halogens is 2. The summed E-state index contributed by atoms with van der Waals surface area (Å²) in [6.45, 7) is 2.83. The first-order valence-corrected chi connectivity index (χ1v) is 10.8. The molecular formula is C22H25BCl2N2O5. The molecule has 3 N–H and O–H groups in total. The summed E-state index contributed by atoms with van der Waals surface area (Å²) < 4.78 is 5.80. The molecule has 0 saturated heterocycles. The van der Waals surface area contributed by atoms with Gasteiger partial charge in [-0.3, -0.25) is 14.4 Å². The number of aryl methyl sites for hydroxylation is 2. The molecule has 170 valence electrons. The maximum Gasteiger partial charge on any atom is 0.429 e. The minimum Gasteiger partial charge on any atom is -0.524 e. The molecule has 0 heterocycles. The van der Waals surface area contributed by atoms with Gasteiger partial charge in [0.25, 0.3) is 0 Å². The Bertz CT molecular complexity index is 951. The maximum absolute atomic E-state index is 13.0. The summed E-state index contributed by atoms with van der Waals surface area (Å²) >= 11 is 12.6. The predicted octanol–water partition coefficient (Wildman–Crippen LogP) is 1.83. The van der Waals surface area contributed by atoms with E-state index in [1.165, 1.54) is 0 Å². The number of rotatable bonds is 10. The molecule has 0 spiro atoms. The Morgan fingerprint density at radius 3 is 2.00 bits per heavy atom. The number of carbonyl (C=O) groups excluding carboxylic acids is 2. The maximum atomic E-state index is 13.0. The zero-order valence-corrected chi connectivity index (χ0v) is 19.6. The molecule has 1 unspecified atom stereocenters. The molecule has 32 heavy (non-hydrogen) atoms. The number of amides is 1. The van der Waals surface area contributed by atoms with Crippen molar-refractivity contribution in [1.82, 2.24) is 10.6 Å². The molecule has 2 rings (SSSR count).